The molecule has 0 radical (unpaired) electrons. The summed E-state index contributed by atoms with van der Waals surface area (Å²) in [6, 6.07) is 14.8. The largest absolute Gasteiger partial charge is 0.444 e. The molecule has 0 bridgehead atoms. The third-order valence-electron chi connectivity index (χ3n) is 3.15. The van der Waals surface area contributed by atoms with Crippen LogP contribution >= 0.6 is 0 Å². The van der Waals surface area contributed by atoms with Crippen molar-refractivity contribution in [2.45, 2.75) is 39.4 Å². The fourth-order valence-electron chi connectivity index (χ4n) is 1.99. The van der Waals surface area contributed by atoms with Crippen molar-refractivity contribution in [1.82, 2.24) is 10.3 Å². The molecule has 1 heterocycles. The van der Waals surface area contributed by atoms with Crippen LogP contribution in [0.5, 0.6) is 0 Å². The lowest BCUT2D eigenvalue weighted by atomic mass is 10.1. The van der Waals surface area contributed by atoms with Gasteiger partial charge in [-0.3, -0.25) is 14.9 Å². The molecule has 0 aliphatic carbocycles. The Morgan fingerprint density at radius 2 is 1.75 bits per heavy atom. The number of nitrogens with one attached hydrogen (secondary N) is 2. The Kier molecular flexibility index (Phi) is 9.63. The molecule has 2 amide bonds. The third kappa shape index (κ3) is 10.2. The molecule has 4 N–H and O–H groups in total. The van der Waals surface area contributed by atoms with Gasteiger partial charge in [0.2, 0.25) is 5.91 Å². The van der Waals surface area contributed by atoms with Gasteiger partial charge in [-0.05, 0) is 38.5 Å². The molecule has 0 atom stereocenters. The predicted molar refractivity (Wildman–Crippen MR) is 107 cm³/mol. The number of hydrogen-bond acceptors (Lipinski definition) is 6. The third-order valence-corrected chi connectivity index (χ3v) is 3.15. The zero-order chi connectivity index (χ0) is 21.0. The van der Waals surface area contributed by atoms with Gasteiger partial charge < -0.3 is 10.1 Å². The Balaban J connectivity index is 0.000000307. The fraction of sp³-hybridized carbons (Fsp3) is 0.350. The second-order valence-electron chi connectivity index (χ2n) is 6.79. The van der Waals surface area contributed by atoms with Gasteiger partial charge in [0.1, 0.15) is 18.0 Å². The molecule has 0 unspecified atom stereocenters. The summed E-state index contributed by atoms with van der Waals surface area (Å²) in [4.78, 5) is 30.9. The van der Waals surface area contributed by atoms with E-state index in [1.165, 1.54) is 0 Å². The van der Waals surface area contributed by atoms with Gasteiger partial charge in [-0.2, -0.15) is 0 Å². The van der Waals surface area contributed by atoms with Crippen molar-refractivity contribution in [3.8, 4) is 0 Å². The molecule has 0 fully saturated rings. The fourth-order valence-corrected chi connectivity index (χ4v) is 1.99. The molecule has 2 aromatic rings. The number of carbonyl (C=O) groups excluding carboxylic acids is 2. The minimum Gasteiger partial charge on any atom is -0.444 e. The number of benzene rings is 1. The molecule has 152 valence electrons. The smallest absolute Gasteiger partial charge is 0.413 e. The Morgan fingerprint density at radius 1 is 1.07 bits per heavy atom. The average Bonchev–Trinajstić information content (AvgIpc) is 2.62. The van der Waals surface area contributed by atoms with Gasteiger partial charge >= 0.3 is 6.09 Å². The Hall–Kier alpha value is -2.97. The van der Waals surface area contributed by atoms with Crippen LogP contribution in [0.4, 0.5) is 10.6 Å². The minimum atomic E-state index is -0.546. The molecule has 0 saturated carbocycles. The van der Waals surface area contributed by atoms with Crippen molar-refractivity contribution in [2.24, 2.45) is 5.90 Å². The molecule has 8 heteroatoms. The van der Waals surface area contributed by atoms with Crippen LogP contribution in [0, 0.1) is 0 Å². The zero-order valence-electron chi connectivity index (χ0n) is 16.7. The Labute approximate surface area is 165 Å². The average molecular weight is 388 g/mol. The molecular weight excluding hydrogens is 360 g/mol. The molecular formula is C20H28N4O4. The van der Waals surface area contributed by atoms with Crippen LogP contribution in [0.3, 0.4) is 0 Å². The summed E-state index contributed by atoms with van der Waals surface area (Å²) in [7, 11) is 1.64. The van der Waals surface area contributed by atoms with E-state index in [0.29, 0.717) is 17.9 Å². The van der Waals surface area contributed by atoms with Crippen molar-refractivity contribution < 1.29 is 19.2 Å². The lowest BCUT2D eigenvalue weighted by Crippen LogP contribution is -2.27. The molecule has 1 aromatic heterocycles. The number of aromatic nitrogens is 1. The summed E-state index contributed by atoms with van der Waals surface area (Å²) >= 11 is 0. The van der Waals surface area contributed by atoms with Gasteiger partial charge in [0.15, 0.2) is 0 Å². The summed E-state index contributed by atoms with van der Waals surface area (Å²) < 4.78 is 5.10. The number of carbonyl (C=O) groups is 2. The lowest BCUT2D eigenvalue weighted by molar-refractivity contribution is -0.119. The second-order valence-corrected chi connectivity index (χ2v) is 6.79. The highest BCUT2D eigenvalue weighted by atomic mass is 16.6. The number of likely N-dealkylation sites (N-methyl/N-ethyl adjacent to an activating group) is 1. The second kappa shape index (κ2) is 11.7. The predicted octanol–water partition coefficient (Wildman–Crippen LogP) is 2.79. The number of nitrogens with zero attached hydrogens (tertiary/aromatic N) is 1. The summed E-state index contributed by atoms with van der Waals surface area (Å²) in [6.45, 7) is 5.56. The Bertz CT molecular complexity index is 745. The maximum absolute atomic E-state index is 11.5. The molecule has 0 aliphatic rings. The van der Waals surface area contributed by atoms with Crippen molar-refractivity contribution >= 4 is 17.8 Å². The Morgan fingerprint density at radius 3 is 2.32 bits per heavy atom. The van der Waals surface area contributed by atoms with Crippen LogP contribution in [0.2, 0.25) is 0 Å². The number of amides is 2. The van der Waals surface area contributed by atoms with Crippen LogP contribution in [0.25, 0.3) is 0 Å². The van der Waals surface area contributed by atoms with Gasteiger partial charge in [0.25, 0.3) is 0 Å². The van der Waals surface area contributed by atoms with E-state index in [1.54, 1.807) is 46.0 Å². The van der Waals surface area contributed by atoms with Crippen molar-refractivity contribution in [3.63, 3.8) is 0 Å². The van der Waals surface area contributed by atoms with Gasteiger partial charge in [-0.1, -0.05) is 36.4 Å². The van der Waals surface area contributed by atoms with E-state index in [-0.39, 0.29) is 12.5 Å². The summed E-state index contributed by atoms with van der Waals surface area (Å²) in [5.74, 6) is 5.39. The number of hydrogen-bond donors (Lipinski definition) is 3. The van der Waals surface area contributed by atoms with Gasteiger partial charge in [0.05, 0.1) is 12.1 Å². The van der Waals surface area contributed by atoms with Crippen LogP contribution in [0.1, 0.15) is 32.0 Å². The first kappa shape index (κ1) is 23.1. The van der Waals surface area contributed by atoms with E-state index in [2.05, 4.69) is 20.5 Å². The quantitative estimate of drug-likeness (QED) is 0.679. The minimum absolute atomic E-state index is 0.0520. The summed E-state index contributed by atoms with van der Waals surface area (Å²) in [5.41, 5.74) is 1.13. The summed E-state index contributed by atoms with van der Waals surface area (Å²) in [5, 5.41) is 5.10. The first-order valence-corrected chi connectivity index (χ1v) is 8.75. The topological polar surface area (TPSA) is 116 Å². The maximum Gasteiger partial charge on any atom is 0.413 e. The van der Waals surface area contributed by atoms with E-state index in [4.69, 9.17) is 10.6 Å². The number of nitrogens with two attached hydrogens (primary N) is 1. The maximum atomic E-state index is 11.5. The first-order chi connectivity index (χ1) is 13.2. The van der Waals surface area contributed by atoms with Gasteiger partial charge in [0, 0.05) is 7.05 Å². The number of rotatable bonds is 5. The highest BCUT2D eigenvalue weighted by Gasteiger charge is 2.16. The SMILES string of the molecule is CC(C)(C)OC(=O)Nc1cccc(CON)n1.CNC(=O)Cc1ccccc1. The monoisotopic (exact) mass is 388 g/mol. The van der Waals surface area contributed by atoms with Crippen LogP contribution in [-0.2, 0) is 27.4 Å². The number of anilines is 1. The van der Waals surface area contributed by atoms with Crippen LogP contribution < -0.4 is 16.5 Å². The normalized spacial score (nSPS) is 10.3. The molecule has 2 rings (SSSR count). The van der Waals surface area contributed by atoms with Crippen molar-refractivity contribution in [1.29, 1.82) is 0 Å². The standard InChI is InChI=1S/C11H17N3O3.C9H11NO/c1-11(2,3)17-10(15)14-9-6-4-5-8(13-9)7-16-12;1-10-9(11)7-8-5-3-2-4-6-8/h4-6H,7,12H2,1-3H3,(H,13,14,15);2-6H,7H2,1H3,(H,10,11). The van der Waals surface area contributed by atoms with E-state index in [1.807, 2.05) is 30.3 Å². The van der Waals surface area contributed by atoms with Crippen LogP contribution in [-0.4, -0.2) is 29.6 Å². The zero-order valence-corrected chi connectivity index (χ0v) is 16.7. The molecule has 0 saturated heterocycles. The van der Waals surface area contributed by atoms with E-state index in [9.17, 15) is 9.59 Å². The first-order valence-electron chi connectivity index (χ1n) is 8.75. The van der Waals surface area contributed by atoms with Crippen molar-refractivity contribution in [2.75, 3.05) is 12.4 Å². The van der Waals surface area contributed by atoms with Gasteiger partial charge in [-0.15, -0.1) is 0 Å². The lowest BCUT2D eigenvalue weighted by Gasteiger charge is -2.19. The van der Waals surface area contributed by atoms with E-state index < -0.39 is 11.7 Å². The summed E-state index contributed by atoms with van der Waals surface area (Å²) in [6.07, 6.45) is -0.0760. The van der Waals surface area contributed by atoms with E-state index >= 15 is 0 Å². The molecule has 8 nitrogen and oxygen atoms in total. The van der Waals surface area contributed by atoms with Crippen LogP contribution in [0.15, 0.2) is 48.5 Å². The van der Waals surface area contributed by atoms with E-state index in [0.717, 1.165) is 5.56 Å². The molecule has 1 aromatic carbocycles. The molecule has 28 heavy (non-hydrogen) atoms. The molecule has 0 spiro atoms. The highest BCUT2D eigenvalue weighted by Crippen LogP contribution is 2.10. The van der Waals surface area contributed by atoms with Gasteiger partial charge in [-0.25, -0.2) is 15.7 Å². The molecule has 0 aliphatic heterocycles. The number of ether oxygens (including phenoxy) is 1. The van der Waals surface area contributed by atoms with Crippen molar-refractivity contribution in [3.05, 3.63) is 59.8 Å². The number of pyridine rings is 1. The highest BCUT2D eigenvalue weighted by molar-refractivity contribution is 5.83.